The van der Waals surface area contributed by atoms with Crippen LogP contribution in [-0.2, 0) is 19.1 Å². The van der Waals surface area contributed by atoms with Crippen LogP contribution < -0.4 is 10.6 Å². The molecule has 0 saturated heterocycles. The minimum absolute atomic E-state index is 0. The molecular weight excluding hydrogens is 392 g/mol. The molecule has 2 rings (SSSR count). The molecule has 31 heavy (non-hydrogen) atoms. The predicted octanol–water partition coefficient (Wildman–Crippen LogP) is 4.65. The lowest BCUT2D eigenvalue weighted by Crippen LogP contribution is -2.41. The minimum Gasteiger partial charge on any atom is -0.378 e. The van der Waals surface area contributed by atoms with Crippen LogP contribution in [0.5, 0.6) is 0 Å². The maximum absolute atomic E-state index is 12.2. The Balaban J connectivity index is 0.00000512. The average Bonchev–Trinajstić information content (AvgIpc) is 2.77. The summed E-state index contributed by atoms with van der Waals surface area (Å²) >= 11 is 0. The van der Waals surface area contributed by atoms with E-state index in [2.05, 4.69) is 10.6 Å². The van der Waals surface area contributed by atoms with E-state index in [9.17, 15) is 14.4 Å². The summed E-state index contributed by atoms with van der Waals surface area (Å²) in [5.41, 5.74) is 0. The summed E-state index contributed by atoms with van der Waals surface area (Å²) in [6.45, 7) is 8.55. The van der Waals surface area contributed by atoms with Crippen molar-refractivity contribution in [1.82, 2.24) is 10.6 Å². The van der Waals surface area contributed by atoms with Crippen molar-refractivity contribution in [3.8, 4) is 0 Å². The molecule has 0 spiro atoms. The maximum Gasteiger partial charge on any atom is 0.223 e. The Morgan fingerprint density at radius 2 is 1.48 bits per heavy atom. The van der Waals surface area contributed by atoms with E-state index < -0.39 is 0 Å². The van der Waals surface area contributed by atoms with Gasteiger partial charge in [-0.1, -0.05) is 27.7 Å². The van der Waals surface area contributed by atoms with Gasteiger partial charge in [-0.15, -0.1) is 0 Å². The first-order valence-electron chi connectivity index (χ1n) is 12.5. The fourth-order valence-corrected chi connectivity index (χ4v) is 4.68. The zero-order chi connectivity index (χ0) is 22.8. The number of amides is 2. The van der Waals surface area contributed by atoms with E-state index in [0.29, 0.717) is 18.8 Å². The largest absolute Gasteiger partial charge is 0.378 e. The van der Waals surface area contributed by atoms with Crippen molar-refractivity contribution < 1.29 is 22.0 Å². The van der Waals surface area contributed by atoms with Gasteiger partial charge in [0.2, 0.25) is 11.8 Å². The second-order valence-corrected chi connectivity index (χ2v) is 9.94. The van der Waals surface area contributed by atoms with Gasteiger partial charge in [0.15, 0.2) is 0 Å². The van der Waals surface area contributed by atoms with Crippen molar-refractivity contribution in [2.45, 2.75) is 117 Å². The van der Waals surface area contributed by atoms with E-state index in [4.69, 9.17) is 4.74 Å². The lowest BCUT2D eigenvalue weighted by molar-refractivity contribution is -0.127. The van der Waals surface area contributed by atoms with Crippen LogP contribution in [0.1, 0.15) is 101 Å². The van der Waals surface area contributed by atoms with E-state index in [1.165, 1.54) is 0 Å². The summed E-state index contributed by atoms with van der Waals surface area (Å²) in [7, 11) is 0. The fourth-order valence-electron chi connectivity index (χ4n) is 4.68. The van der Waals surface area contributed by atoms with Gasteiger partial charge >= 0.3 is 0 Å². The third-order valence-electron chi connectivity index (χ3n) is 7.05. The summed E-state index contributed by atoms with van der Waals surface area (Å²) in [5.74, 6) is 0.998. The van der Waals surface area contributed by atoms with E-state index >= 15 is 0 Å². The van der Waals surface area contributed by atoms with Gasteiger partial charge in [0.05, 0.1) is 6.10 Å². The molecule has 0 aromatic carbocycles. The number of hydrogen-bond acceptors (Lipinski definition) is 4. The molecule has 0 bridgehead atoms. The number of rotatable bonds is 11. The number of Topliss-reactive ketones (excluding diaryl/α,β-unsaturated/α-hetero) is 1. The third-order valence-corrected chi connectivity index (χ3v) is 7.05. The molecule has 0 aliphatic heterocycles. The predicted molar refractivity (Wildman–Crippen MR) is 127 cm³/mol. The lowest BCUT2D eigenvalue weighted by atomic mass is 9.80. The minimum atomic E-state index is 0. The summed E-state index contributed by atoms with van der Waals surface area (Å²) in [5, 5.41) is 6.30. The first-order valence-corrected chi connectivity index (χ1v) is 12.5. The first kappa shape index (κ1) is 25.8. The molecule has 0 radical (unpaired) electrons. The normalized spacial score (nSPS) is 27.5. The van der Waals surface area contributed by atoms with E-state index in [-0.39, 0.29) is 50.6 Å². The highest BCUT2D eigenvalue weighted by atomic mass is 16.5. The molecule has 0 aromatic rings. The summed E-state index contributed by atoms with van der Waals surface area (Å²) < 4.78 is 5.98. The highest BCUT2D eigenvalue weighted by molar-refractivity contribution is 5.83. The molecule has 0 aromatic heterocycles. The van der Waals surface area contributed by atoms with Crippen molar-refractivity contribution in [3.05, 3.63) is 0 Å². The van der Waals surface area contributed by atoms with E-state index in [1.807, 2.05) is 27.7 Å². The monoisotopic (exact) mass is 440 g/mol. The van der Waals surface area contributed by atoms with Crippen LogP contribution in [0.3, 0.4) is 0 Å². The average molecular weight is 441 g/mol. The van der Waals surface area contributed by atoms with E-state index in [1.54, 1.807) is 0 Å². The molecule has 2 N–H and O–H groups in total. The van der Waals surface area contributed by atoms with Gasteiger partial charge in [-0.2, -0.15) is 0 Å². The van der Waals surface area contributed by atoms with Gasteiger partial charge in [0, 0.05) is 45.7 Å². The topological polar surface area (TPSA) is 84.5 Å². The molecule has 2 amide bonds. The molecule has 2 saturated carbocycles. The Bertz CT molecular complexity index is 587. The van der Waals surface area contributed by atoms with Gasteiger partial charge < -0.3 is 15.4 Å². The Hall–Kier alpha value is -1.43. The fraction of sp³-hybridized carbons (Fsp3) is 0.880. The Kier molecular flexibility index (Phi) is 11.0. The molecule has 1 atom stereocenters. The molecule has 6 nitrogen and oxygen atoms in total. The molecule has 0 heterocycles. The summed E-state index contributed by atoms with van der Waals surface area (Å²) in [6.07, 6.45) is 9.81. The Labute approximate surface area is 191 Å². The standard InChI is InChI=1S/C25H44N2O4.2H2/c1-5-18(4)25(30)27-21-12-14-22(15-13-21)31-16-6-7-23(28)26-20-10-8-19(9-11-20)24(29)17(2)3;;/h17-22H,5-16H2,1-4H3,(H,26,28)(H,27,30);2*1H. The quantitative estimate of drug-likeness (QED) is 0.458. The molecule has 2 fully saturated rings. The molecule has 1 unspecified atom stereocenters. The zero-order valence-corrected chi connectivity index (χ0v) is 20.1. The molecule has 182 valence electrons. The number of ether oxygens (including phenoxy) is 1. The highest BCUT2D eigenvalue weighted by Crippen LogP contribution is 2.27. The van der Waals surface area contributed by atoms with Crippen molar-refractivity contribution >= 4 is 17.6 Å². The first-order chi connectivity index (χ1) is 14.8. The van der Waals surface area contributed by atoms with Gasteiger partial charge in [0.25, 0.3) is 0 Å². The smallest absolute Gasteiger partial charge is 0.223 e. The number of carbonyl (C=O) groups is 3. The van der Waals surface area contributed by atoms with Crippen LogP contribution in [0.15, 0.2) is 0 Å². The molecule has 2 aliphatic rings. The van der Waals surface area contributed by atoms with Gasteiger partial charge in [-0.3, -0.25) is 14.4 Å². The van der Waals surface area contributed by atoms with Gasteiger partial charge in [-0.05, 0) is 64.2 Å². The molecular formula is C25H48N2O4. The SMILES string of the molecule is CCC(C)C(=O)NC1CCC(OCCCC(=O)NC2CCC(C(=O)C(C)C)CC2)CC1.[HH].[HH]. The third kappa shape index (κ3) is 8.91. The highest BCUT2D eigenvalue weighted by Gasteiger charge is 2.28. The van der Waals surface area contributed by atoms with Gasteiger partial charge in [0.1, 0.15) is 5.78 Å². The zero-order valence-electron chi connectivity index (χ0n) is 20.1. The number of nitrogens with one attached hydrogen (secondary N) is 2. The van der Waals surface area contributed by atoms with E-state index in [0.717, 1.165) is 64.2 Å². The van der Waals surface area contributed by atoms with Crippen LogP contribution in [0, 0.1) is 17.8 Å². The Morgan fingerprint density at radius 3 is 2.06 bits per heavy atom. The van der Waals surface area contributed by atoms with Crippen LogP contribution in [0.25, 0.3) is 0 Å². The lowest BCUT2D eigenvalue weighted by Gasteiger charge is -2.30. The number of carbonyl (C=O) groups excluding carboxylic acids is 3. The molecule has 6 heteroatoms. The van der Waals surface area contributed by atoms with Crippen LogP contribution in [0.4, 0.5) is 0 Å². The van der Waals surface area contributed by atoms with Crippen molar-refractivity contribution in [2.24, 2.45) is 17.8 Å². The van der Waals surface area contributed by atoms with Gasteiger partial charge in [-0.25, -0.2) is 0 Å². The summed E-state index contributed by atoms with van der Waals surface area (Å²) in [6, 6.07) is 0.489. The van der Waals surface area contributed by atoms with Crippen LogP contribution >= 0.6 is 0 Å². The maximum atomic E-state index is 12.2. The second-order valence-electron chi connectivity index (χ2n) is 9.94. The second kappa shape index (κ2) is 13.2. The van der Waals surface area contributed by atoms with Crippen molar-refractivity contribution in [2.75, 3.05) is 6.61 Å². The molecule has 2 aliphatic carbocycles. The van der Waals surface area contributed by atoms with Crippen molar-refractivity contribution in [1.29, 1.82) is 0 Å². The number of ketones is 1. The summed E-state index contributed by atoms with van der Waals surface area (Å²) in [4.78, 5) is 36.4. The number of hydrogen-bond donors (Lipinski definition) is 2. The van der Waals surface area contributed by atoms with Crippen LogP contribution in [0.2, 0.25) is 0 Å². The van der Waals surface area contributed by atoms with Crippen molar-refractivity contribution in [3.63, 3.8) is 0 Å². The Morgan fingerprint density at radius 1 is 0.903 bits per heavy atom. The van der Waals surface area contributed by atoms with Crippen LogP contribution in [-0.4, -0.2) is 42.4 Å².